The van der Waals surface area contributed by atoms with Crippen LogP contribution >= 0.6 is 0 Å². The molecule has 2 rings (SSSR count). The summed E-state index contributed by atoms with van der Waals surface area (Å²) >= 11 is 0. The van der Waals surface area contributed by atoms with Crippen LogP contribution in [0, 0.1) is 0 Å². The zero-order valence-corrected chi connectivity index (χ0v) is 13.1. The predicted molar refractivity (Wildman–Crippen MR) is 85.0 cm³/mol. The van der Waals surface area contributed by atoms with E-state index in [9.17, 15) is 9.59 Å². The van der Waals surface area contributed by atoms with Gasteiger partial charge in [-0.25, -0.2) is 0 Å². The summed E-state index contributed by atoms with van der Waals surface area (Å²) in [4.78, 5) is 25.2. The zero-order valence-electron chi connectivity index (χ0n) is 13.1. The molecule has 5 heteroatoms. The average molecular weight is 304 g/mol. The third-order valence-electron chi connectivity index (χ3n) is 3.94. The lowest BCUT2D eigenvalue weighted by atomic mass is 10.1. The Bertz CT molecular complexity index is 522. The first-order valence-electron chi connectivity index (χ1n) is 7.83. The van der Waals surface area contributed by atoms with Crippen LogP contribution in [0.3, 0.4) is 0 Å². The van der Waals surface area contributed by atoms with Crippen LogP contribution in [0.5, 0.6) is 5.75 Å². The highest BCUT2D eigenvalue weighted by Crippen LogP contribution is 2.15. The normalized spacial score (nSPS) is 15.6. The maximum absolute atomic E-state index is 12.0. The van der Waals surface area contributed by atoms with Gasteiger partial charge in [-0.15, -0.1) is 0 Å². The lowest BCUT2D eigenvalue weighted by Crippen LogP contribution is -2.42. The summed E-state index contributed by atoms with van der Waals surface area (Å²) in [5, 5.41) is 0. The summed E-state index contributed by atoms with van der Waals surface area (Å²) in [6.07, 6.45) is 2.94. The van der Waals surface area contributed by atoms with E-state index in [-0.39, 0.29) is 17.7 Å². The van der Waals surface area contributed by atoms with Crippen LogP contribution in [0.4, 0.5) is 0 Å². The second-order valence-corrected chi connectivity index (χ2v) is 5.75. The molecule has 0 radical (unpaired) electrons. The van der Waals surface area contributed by atoms with Crippen molar-refractivity contribution in [2.75, 3.05) is 19.7 Å². The first-order chi connectivity index (χ1) is 10.6. The number of nitrogens with zero attached hydrogens (tertiary/aromatic N) is 1. The van der Waals surface area contributed by atoms with Crippen molar-refractivity contribution in [3.8, 4) is 5.75 Å². The summed E-state index contributed by atoms with van der Waals surface area (Å²) in [6, 6.07) is 7.35. The molecule has 1 saturated heterocycles. The molecular weight excluding hydrogens is 280 g/mol. The van der Waals surface area contributed by atoms with Crippen molar-refractivity contribution in [2.24, 2.45) is 5.73 Å². The highest BCUT2D eigenvalue weighted by Gasteiger charge is 2.19. The van der Waals surface area contributed by atoms with Gasteiger partial charge in [0, 0.05) is 31.1 Å². The number of likely N-dealkylation sites (tertiary alicyclic amines) is 1. The van der Waals surface area contributed by atoms with E-state index in [4.69, 9.17) is 10.5 Å². The number of amides is 1. The molecule has 22 heavy (non-hydrogen) atoms. The molecule has 120 valence electrons. The number of carbonyl (C=O) groups is 2. The number of hydrogen-bond acceptors (Lipinski definition) is 4. The van der Waals surface area contributed by atoms with Crippen molar-refractivity contribution in [1.29, 1.82) is 0 Å². The molecule has 0 saturated carbocycles. The molecular formula is C17H24N2O3. The van der Waals surface area contributed by atoms with Crippen LogP contribution in [0.1, 0.15) is 43.0 Å². The molecule has 1 amide bonds. The second kappa shape index (κ2) is 7.94. The first kappa shape index (κ1) is 16.5. The van der Waals surface area contributed by atoms with Gasteiger partial charge in [0.25, 0.3) is 0 Å². The summed E-state index contributed by atoms with van der Waals surface area (Å²) < 4.78 is 5.61. The van der Waals surface area contributed by atoms with Crippen LogP contribution in [0.15, 0.2) is 24.3 Å². The zero-order chi connectivity index (χ0) is 15.9. The van der Waals surface area contributed by atoms with Crippen LogP contribution in [0.2, 0.25) is 0 Å². The lowest BCUT2D eigenvalue weighted by Gasteiger charge is -2.30. The second-order valence-electron chi connectivity index (χ2n) is 5.75. The smallest absolute Gasteiger partial charge is 0.222 e. The minimum atomic E-state index is 0.0175. The summed E-state index contributed by atoms with van der Waals surface area (Å²) in [6.45, 7) is 3.53. The van der Waals surface area contributed by atoms with Gasteiger partial charge < -0.3 is 15.4 Å². The van der Waals surface area contributed by atoms with Crippen molar-refractivity contribution < 1.29 is 14.3 Å². The Hall–Kier alpha value is -1.88. The van der Waals surface area contributed by atoms with Crippen LogP contribution in [0.25, 0.3) is 0 Å². The number of hydrogen-bond donors (Lipinski definition) is 1. The van der Waals surface area contributed by atoms with Gasteiger partial charge in [-0.1, -0.05) is 12.1 Å². The summed E-state index contributed by atoms with van der Waals surface area (Å²) in [7, 11) is 0. The van der Waals surface area contributed by atoms with Crippen LogP contribution < -0.4 is 10.5 Å². The third kappa shape index (κ3) is 4.84. The largest absolute Gasteiger partial charge is 0.494 e. The Kier molecular flexibility index (Phi) is 5.95. The number of Topliss-reactive ketones (excluding diaryl/α,β-unsaturated/α-hetero) is 1. The summed E-state index contributed by atoms with van der Waals surface area (Å²) in [5.74, 6) is 0.862. The summed E-state index contributed by atoms with van der Waals surface area (Å²) in [5.41, 5.74) is 6.47. The van der Waals surface area contributed by atoms with E-state index < -0.39 is 0 Å². The van der Waals surface area contributed by atoms with Crippen LogP contribution in [-0.4, -0.2) is 42.3 Å². The highest BCUT2D eigenvalue weighted by molar-refractivity contribution is 5.94. The number of benzene rings is 1. The van der Waals surface area contributed by atoms with Gasteiger partial charge in [0.1, 0.15) is 5.75 Å². The maximum atomic E-state index is 12.0. The van der Waals surface area contributed by atoms with E-state index in [2.05, 4.69) is 0 Å². The monoisotopic (exact) mass is 304 g/mol. The van der Waals surface area contributed by atoms with E-state index in [1.165, 1.54) is 6.92 Å². The van der Waals surface area contributed by atoms with Crippen molar-refractivity contribution >= 4 is 11.7 Å². The van der Waals surface area contributed by atoms with Gasteiger partial charge in [0.2, 0.25) is 5.91 Å². The minimum absolute atomic E-state index is 0.0175. The number of nitrogens with two attached hydrogens (primary N) is 1. The topological polar surface area (TPSA) is 72.6 Å². The SMILES string of the molecule is CC(=O)c1cccc(OCCCC(=O)N2CCC(N)CC2)c1. The molecule has 1 aliphatic heterocycles. The van der Waals surface area contributed by atoms with Gasteiger partial charge in [-0.3, -0.25) is 9.59 Å². The average Bonchev–Trinajstić information content (AvgIpc) is 2.52. The van der Waals surface area contributed by atoms with E-state index >= 15 is 0 Å². The molecule has 0 atom stereocenters. The van der Waals surface area contributed by atoms with Crippen molar-refractivity contribution in [3.63, 3.8) is 0 Å². The molecule has 1 heterocycles. The number of rotatable bonds is 6. The van der Waals surface area contributed by atoms with Gasteiger partial charge >= 0.3 is 0 Å². The molecule has 0 aromatic heterocycles. The molecule has 1 fully saturated rings. The fraction of sp³-hybridized carbons (Fsp3) is 0.529. The highest BCUT2D eigenvalue weighted by atomic mass is 16.5. The lowest BCUT2D eigenvalue weighted by molar-refractivity contribution is -0.132. The Morgan fingerprint density at radius 1 is 1.32 bits per heavy atom. The molecule has 1 aromatic carbocycles. The third-order valence-corrected chi connectivity index (χ3v) is 3.94. The van der Waals surface area contributed by atoms with Gasteiger partial charge in [-0.05, 0) is 38.3 Å². The van der Waals surface area contributed by atoms with Crippen molar-refractivity contribution in [2.45, 2.75) is 38.6 Å². The Labute approximate surface area is 131 Å². The van der Waals surface area contributed by atoms with E-state index in [0.717, 1.165) is 25.9 Å². The minimum Gasteiger partial charge on any atom is -0.494 e. The Morgan fingerprint density at radius 2 is 2.05 bits per heavy atom. The molecule has 0 unspecified atom stereocenters. The van der Waals surface area contributed by atoms with E-state index in [0.29, 0.717) is 30.8 Å². The molecule has 2 N–H and O–H groups in total. The Morgan fingerprint density at radius 3 is 2.73 bits per heavy atom. The number of ketones is 1. The van der Waals surface area contributed by atoms with E-state index in [1.54, 1.807) is 18.2 Å². The van der Waals surface area contributed by atoms with Gasteiger partial charge in [0.05, 0.1) is 6.61 Å². The Balaban J connectivity index is 1.69. The molecule has 1 aromatic rings. The molecule has 5 nitrogen and oxygen atoms in total. The maximum Gasteiger partial charge on any atom is 0.222 e. The predicted octanol–water partition coefficient (Wildman–Crippen LogP) is 2.00. The van der Waals surface area contributed by atoms with Gasteiger partial charge in [0.15, 0.2) is 5.78 Å². The fourth-order valence-corrected chi connectivity index (χ4v) is 2.53. The standard InChI is InChI=1S/C17H24N2O3/c1-13(20)14-4-2-5-16(12-14)22-11-3-6-17(21)19-9-7-15(18)8-10-19/h2,4-5,12,15H,3,6-11,18H2,1H3. The molecule has 0 spiro atoms. The van der Waals surface area contributed by atoms with Gasteiger partial charge in [-0.2, -0.15) is 0 Å². The first-order valence-corrected chi connectivity index (χ1v) is 7.83. The number of piperidine rings is 1. The molecule has 0 bridgehead atoms. The van der Waals surface area contributed by atoms with E-state index in [1.807, 2.05) is 11.0 Å². The molecule has 0 aliphatic carbocycles. The fourth-order valence-electron chi connectivity index (χ4n) is 2.53. The van der Waals surface area contributed by atoms with Crippen molar-refractivity contribution in [1.82, 2.24) is 4.90 Å². The number of ether oxygens (including phenoxy) is 1. The molecule has 1 aliphatic rings. The quantitative estimate of drug-likeness (QED) is 0.644. The van der Waals surface area contributed by atoms with Crippen molar-refractivity contribution in [3.05, 3.63) is 29.8 Å². The number of carbonyl (C=O) groups excluding carboxylic acids is 2. The van der Waals surface area contributed by atoms with Crippen LogP contribution in [-0.2, 0) is 4.79 Å².